The van der Waals surface area contributed by atoms with Crippen LogP contribution < -0.4 is 10.2 Å². The maximum absolute atomic E-state index is 6.03. The molecule has 0 spiro atoms. The second-order valence-electron chi connectivity index (χ2n) is 4.78. The Kier molecular flexibility index (Phi) is 4.73. The summed E-state index contributed by atoms with van der Waals surface area (Å²) in [7, 11) is 1.88. The van der Waals surface area contributed by atoms with E-state index in [1.165, 1.54) is 6.33 Å². The van der Waals surface area contributed by atoms with E-state index < -0.39 is 0 Å². The van der Waals surface area contributed by atoms with E-state index in [2.05, 4.69) is 36.2 Å². The molecule has 3 rings (SSSR count). The number of halogens is 2. The van der Waals surface area contributed by atoms with Crippen LogP contribution in [-0.4, -0.2) is 22.0 Å². The molecule has 0 fully saturated rings. The smallest absolute Gasteiger partial charge is 0.234 e. The number of aromatic nitrogens is 3. The maximum atomic E-state index is 6.03. The fraction of sp³-hybridized carbons (Fsp3) is 0.0625. The summed E-state index contributed by atoms with van der Waals surface area (Å²) in [4.78, 5) is 14.7. The molecule has 0 saturated heterocycles. The van der Waals surface area contributed by atoms with Crippen LogP contribution in [-0.2, 0) is 0 Å². The van der Waals surface area contributed by atoms with E-state index >= 15 is 0 Å². The van der Waals surface area contributed by atoms with Gasteiger partial charge in [-0.25, -0.2) is 9.97 Å². The Balaban J connectivity index is 1.85. The van der Waals surface area contributed by atoms with Crippen LogP contribution in [0.5, 0.6) is 0 Å². The summed E-state index contributed by atoms with van der Waals surface area (Å²) in [6, 6.07) is 15.3. The van der Waals surface area contributed by atoms with Crippen molar-refractivity contribution in [2.75, 3.05) is 17.3 Å². The van der Waals surface area contributed by atoms with Gasteiger partial charge < -0.3 is 10.2 Å². The fourth-order valence-electron chi connectivity index (χ4n) is 2.01. The van der Waals surface area contributed by atoms with Gasteiger partial charge in [0.05, 0.1) is 0 Å². The second kappa shape index (κ2) is 6.93. The monoisotopic (exact) mass is 389 g/mol. The third kappa shape index (κ3) is 3.97. The standard InChI is InChI=1S/C16H13BrClN5/c1-23(14-7-3-5-12(18)9-14)16-20-10-19-15(22-16)21-13-6-2-4-11(17)8-13/h2-10H,1H3,(H,19,20,21,22). The summed E-state index contributed by atoms with van der Waals surface area (Å²) in [5.41, 5.74) is 1.79. The first-order valence-electron chi connectivity index (χ1n) is 6.83. The molecule has 0 bridgehead atoms. The average molecular weight is 391 g/mol. The highest BCUT2D eigenvalue weighted by atomic mass is 79.9. The van der Waals surface area contributed by atoms with Gasteiger partial charge in [0.2, 0.25) is 11.9 Å². The minimum absolute atomic E-state index is 0.474. The van der Waals surface area contributed by atoms with Crippen molar-refractivity contribution in [2.24, 2.45) is 0 Å². The van der Waals surface area contributed by atoms with Crippen molar-refractivity contribution in [3.8, 4) is 0 Å². The van der Waals surface area contributed by atoms with Gasteiger partial charge in [0.25, 0.3) is 0 Å². The van der Waals surface area contributed by atoms with Crippen LogP contribution >= 0.6 is 27.5 Å². The first-order valence-corrected chi connectivity index (χ1v) is 8.00. The predicted octanol–water partition coefficient (Wildman–Crippen LogP) is 4.80. The molecule has 0 aliphatic heterocycles. The Hall–Kier alpha value is -2.18. The zero-order chi connectivity index (χ0) is 16.2. The van der Waals surface area contributed by atoms with Crippen molar-refractivity contribution >= 4 is 50.8 Å². The normalized spacial score (nSPS) is 10.4. The van der Waals surface area contributed by atoms with E-state index in [1.54, 1.807) is 0 Å². The third-order valence-electron chi connectivity index (χ3n) is 3.14. The molecule has 0 atom stereocenters. The lowest BCUT2D eigenvalue weighted by atomic mass is 10.3. The molecule has 0 aliphatic rings. The lowest BCUT2D eigenvalue weighted by molar-refractivity contribution is 0.990. The summed E-state index contributed by atoms with van der Waals surface area (Å²) < 4.78 is 0.979. The lowest BCUT2D eigenvalue weighted by Crippen LogP contribution is -2.14. The average Bonchev–Trinajstić information content (AvgIpc) is 2.54. The SMILES string of the molecule is CN(c1cccc(Cl)c1)c1ncnc(Nc2cccc(Br)c2)n1. The molecule has 23 heavy (non-hydrogen) atoms. The zero-order valence-electron chi connectivity index (χ0n) is 12.2. The fourth-order valence-corrected chi connectivity index (χ4v) is 2.59. The topological polar surface area (TPSA) is 53.9 Å². The first kappa shape index (κ1) is 15.7. The molecule has 3 aromatic rings. The molecular weight excluding hydrogens is 378 g/mol. The van der Waals surface area contributed by atoms with Crippen molar-refractivity contribution in [1.29, 1.82) is 0 Å². The molecule has 7 heteroatoms. The van der Waals surface area contributed by atoms with E-state index in [9.17, 15) is 0 Å². The van der Waals surface area contributed by atoms with Crippen LogP contribution in [0.25, 0.3) is 0 Å². The number of hydrogen-bond acceptors (Lipinski definition) is 5. The molecule has 0 amide bonds. The summed E-state index contributed by atoms with van der Waals surface area (Å²) in [5, 5.41) is 3.82. The van der Waals surface area contributed by atoms with Gasteiger partial charge in [-0.3, -0.25) is 0 Å². The van der Waals surface area contributed by atoms with E-state index in [1.807, 2.05) is 60.5 Å². The van der Waals surface area contributed by atoms with Crippen molar-refractivity contribution in [3.63, 3.8) is 0 Å². The number of anilines is 4. The highest BCUT2D eigenvalue weighted by molar-refractivity contribution is 9.10. The minimum atomic E-state index is 0.474. The van der Waals surface area contributed by atoms with E-state index in [0.29, 0.717) is 16.9 Å². The molecule has 5 nitrogen and oxygen atoms in total. The second-order valence-corrected chi connectivity index (χ2v) is 6.14. The molecule has 0 saturated carbocycles. The van der Waals surface area contributed by atoms with Crippen LogP contribution in [0, 0.1) is 0 Å². The van der Waals surface area contributed by atoms with Gasteiger partial charge in [0, 0.05) is 27.9 Å². The molecule has 0 aliphatic carbocycles. The van der Waals surface area contributed by atoms with Crippen molar-refractivity contribution in [1.82, 2.24) is 15.0 Å². The molecule has 2 aromatic carbocycles. The van der Waals surface area contributed by atoms with Gasteiger partial charge in [-0.1, -0.05) is 39.7 Å². The number of benzene rings is 2. The number of rotatable bonds is 4. The summed E-state index contributed by atoms with van der Waals surface area (Å²) in [6.07, 6.45) is 1.48. The minimum Gasteiger partial charge on any atom is -0.324 e. The molecule has 1 aromatic heterocycles. The van der Waals surface area contributed by atoms with Crippen LogP contribution in [0.4, 0.5) is 23.3 Å². The number of nitrogens with zero attached hydrogens (tertiary/aromatic N) is 4. The quantitative estimate of drug-likeness (QED) is 0.693. The van der Waals surface area contributed by atoms with Crippen LogP contribution in [0.2, 0.25) is 5.02 Å². The van der Waals surface area contributed by atoms with Gasteiger partial charge in [-0.05, 0) is 36.4 Å². The largest absolute Gasteiger partial charge is 0.324 e. The summed E-state index contributed by atoms with van der Waals surface area (Å²) in [5.74, 6) is 1.00. The Morgan fingerprint density at radius 3 is 2.70 bits per heavy atom. The molecule has 1 N–H and O–H groups in total. The van der Waals surface area contributed by atoms with Crippen molar-refractivity contribution in [2.45, 2.75) is 0 Å². The number of nitrogens with one attached hydrogen (secondary N) is 1. The third-order valence-corrected chi connectivity index (χ3v) is 3.86. The highest BCUT2D eigenvalue weighted by Gasteiger charge is 2.09. The molecular formula is C16H13BrClN5. The van der Waals surface area contributed by atoms with Crippen LogP contribution in [0.1, 0.15) is 0 Å². The maximum Gasteiger partial charge on any atom is 0.234 e. The van der Waals surface area contributed by atoms with Gasteiger partial charge in [0.1, 0.15) is 6.33 Å². The molecule has 1 heterocycles. The first-order chi connectivity index (χ1) is 11.1. The van der Waals surface area contributed by atoms with Gasteiger partial charge in [-0.15, -0.1) is 0 Å². The summed E-state index contributed by atoms with van der Waals surface area (Å²) >= 11 is 9.47. The van der Waals surface area contributed by atoms with Crippen LogP contribution in [0.15, 0.2) is 59.3 Å². The van der Waals surface area contributed by atoms with Crippen LogP contribution in [0.3, 0.4) is 0 Å². The zero-order valence-corrected chi connectivity index (χ0v) is 14.6. The van der Waals surface area contributed by atoms with Gasteiger partial charge in [-0.2, -0.15) is 4.98 Å². The lowest BCUT2D eigenvalue weighted by Gasteiger charge is -2.17. The van der Waals surface area contributed by atoms with E-state index in [4.69, 9.17) is 11.6 Å². The molecule has 0 unspecified atom stereocenters. The van der Waals surface area contributed by atoms with E-state index in [-0.39, 0.29) is 0 Å². The predicted molar refractivity (Wildman–Crippen MR) is 96.8 cm³/mol. The van der Waals surface area contributed by atoms with E-state index in [0.717, 1.165) is 15.8 Å². The van der Waals surface area contributed by atoms with Crippen molar-refractivity contribution in [3.05, 3.63) is 64.4 Å². The number of hydrogen-bond donors (Lipinski definition) is 1. The van der Waals surface area contributed by atoms with Crippen molar-refractivity contribution < 1.29 is 0 Å². The Bertz CT molecular complexity index is 827. The summed E-state index contributed by atoms with van der Waals surface area (Å²) in [6.45, 7) is 0. The Morgan fingerprint density at radius 2 is 1.91 bits per heavy atom. The highest BCUT2D eigenvalue weighted by Crippen LogP contribution is 2.24. The van der Waals surface area contributed by atoms with Gasteiger partial charge in [0.15, 0.2) is 0 Å². The Labute approximate surface area is 147 Å². The molecule has 0 radical (unpaired) electrons. The Morgan fingerprint density at radius 1 is 1.09 bits per heavy atom. The van der Waals surface area contributed by atoms with Gasteiger partial charge >= 0.3 is 0 Å². The molecule has 116 valence electrons.